The molecule has 0 aliphatic heterocycles. The first-order chi connectivity index (χ1) is 6.38. The molecule has 1 aliphatic rings. The molecule has 4 nitrogen and oxygen atoms in total. The molecule has 1 saturated carbocycles. The van der Waals surface area contributed by atoms with Crippen LogP contribution in [-0.4, -0.2) is 23.1 Å². The minimum Gasteiger partial charge on any atom is -0.481 e. The van der Waals surface area contributed by atoms with Crippen LogP contribution in [-0.2, 0) is 0 Å². The van der Waals surface area contributed by atoms with Crippen molar-refractivity contribution in [3.05, 3.63) is 12.4 Å². The topological polar surface area (TPSA) is 47.0 Å². The largest absolute Gasteiger partial charge is 0.481 e. The lowest BCUT2D eigenvalue weighted by molar-refractivity contribution is 0.396. The van der Waals surface area contributed by atoms with Gasteiger partial charge in [0, 0.05) is 12.1 Å². The molecular formula is C9H13N3O. The van der Waals surface area contributed by atoms with Gasteiger partial charge in [-0.05, 0) is 19.3 Å². The lowest BCUT2D eigenvalue weighted by atomic mass is 9.93. The summed E-state index contributed by atoms with van der Waals surface area (Å²) < 4.78 is 5.00. The van der Waals surface area contributed by atoms with E-state index in [2.05, 4.69) is 15.3 Å². The van der Waals surface area contributed by atoms with E-state index in [1.54, 1.807) is 7.11 Å². The number of nitrogens with one attached hydrogen (secondary N) is 1. The Labute approximate surface area is 77.4 Å². The normalized spacial score (nSPS) is 16.4. The van der Waals surface area contributed by atoms with Crippen molar-refractivity contribution in [1.82, 2.24) is 9.97 Å². The molecule has 70 valence electrons. The van der Waals surface area contributed by atoms with Gasteiger partial charge in [-0.2, -0.15) is 0 Å². The summed E-state index contributed by atoms with van der Waals surface area (Å²) in [5.74, 6) is 1.47. The van der Waals surface area contributed by atoms with E-state index in [1.165, 1.54) is 25.6 Å². The van der Waals surface area contributed by atoms with Gasteiger partial charge in [-0.25, -0.2) is 9.97 Å². The second kappa shape index (κ2) is 3.60. The van der Waals surface area contributed by atoms with Crippen LogP contribution in [0.25, 0.3) is 0 Å². The van der Waals surface area contributed by atoms with E-state index in [4.69, 9.17) is 4.74 Å². The molecule has 0 bridgehead atoms. The fourth-order valence-electron chi connectivity index (χ4n) is 1.29. The molecule has 0 amide bonds. The van der Waals surface area contributed by atoms with Gasteiger partial charge in [0.2, 0.25) is 5.88 Å². The predicted octanol–water partition coefficient (Wildman–Crippen LogP) is 1.45. The molecular weight excluding hydrogens is 166 g/mol. The van der Waals surface area contributed by atoms with E-state index < -0.39 is 0 Å². The number of hydrogen-bond donors (Lipinski definition) is 1. The third kappa shape index (κ3) is 1.88. The minimum absolute atomic E-state index is 0.597. The Morgan fingerprint density at radius 2 is 2.31 bits per heavy atom. The summed E-state index contributed by atoms with van der Waals surface area (Å²) in [6.45, 7) is 0. The molecule has 0 radical (unpaired) electrons. The van der Waals surface area contributed by atoms with E-state index in [1.807, 2.05) is 6.07 Å². The van der Waals surface area contributed by atoms with Gasteiger partial charge in [0.15, 0.2) is 0 Å². The fraction of sp³-hybridized carbons (Fsp3) is 0.556. The highest BCUT2D eigenvalue weighted by molar-refractivity contribution is 5.38. The molecule has 1 aromatic rings. The number of methoxy groups -OCH3 is 1. The molecule has 0 unspecified atom stereocenters. The Bertz CT molecular complexity index is 286. The van der Waals surface area contributed by atoms with Gasteiger partial charge >= 0.3 is 0 Å². The van der Waals surface area contributed by atoms with E-state index in [-0.39, 0.29) is 0 Å². The van der Waals surface area contributed by atoms with Crippen LogP contribution in [0.2, 0.25) is 0 Å². The average molecular weight is 179 g/mol. The average Bonchev–Trinajstić information content (AvgIpc) is 2.12. The van der Waals surface area contributed by atoms with Crippen LogP contribution in [0.15, 0.2) is 12.4 Å². The summed E-state index contributed by atoms with van der Waals surface area (Å²) in [7, 11) is 1.61. The molecule has 0 atom stereocenters. The fourth-order valence-corrected chi connectivity index (χ4v) is 1.29. The van der Waals surface area contributed by atoms with Gasteiger partial charge in [0.25, 0.3) is 0 Å². The van der Waals surface area contributed by atoms with Crippen LogP contribution in [0.5, 0.6) is 5.88 Å². The summed E-state index contributed by atoms with van der Waals surface area (Å²) in [4.78, 5) is 8.04. The Morgan fingerprint density at radius 3 is 2.92 bits per heavy atom. The van der Waals surface area contributed by atoms with Gasteiger partial charge in [0.05, 0.1) is 7.11 Å². The van der Waals surface area contributed by atoms with Crippen LogP contribution in [0.4, 0.5) is 5.82 Å². The van der Waals surface area contributed by atoms with Gasteiger partial charge in [-0.1, -0.05) is 0 Å². The number of aromatic nitrogens is 2. The first kappa shape index (κ1) is 8.29. The quantitative estimate of drug-likeness (QED) is 0.762. The van der Waals surface area contributed by atoms with E-state index in [0.29, 0.717) is 11.9 Å². The highest BCUT2D eigenvalue weighted by atomic mass is 16.5. The first-order valence-electron chi connectivity index (χ1n) is 4.51. The van der Waals surface area contributed by atoms with Crippen LogP contribution in [0.3, 0.4) is 0 Å². The highest BCUT2D eigenvalue weighted by Crippen LogP contribution is 2.22. The van der Waals surface area contributed by atoms with Gasteiger partial charge in [0.1, 0.15) is 12.1 Å². The number of hydrogen-bond acceptors (Lipinski definition) is 4. The van der Waals surface area contributed by atoms with E-state index in [9.17, 15) is 0 Å². The molecule has 1 heterocycles. The Kier molecular flexibility index (Phi) is 2.29. The molecule has 4 heteroatoms. The smallest absolute Gasteiger partial charge is 0.218 e. The Balaban J connectivity index is 2.01. The van der Waals surface area contributed by atoms with Crippen LogP contribution in [0, 0.1) is 0 Å². The molecule has 2 rings (SSSR count). The highest BCUT2D eigenvalue weighted by Gasteiger charge is 2.17. The lowest BCUT2D eigenvalue weighted by Crippen LogP contribution is -2.27. The summed E-state index contributed by atoms with van der Waals surface area (Å²) in [6.07, 6.45) is 5.32. The molecule has 0 saturated heterocycles. The van der Waals surface area contributed by atoms with Gasteiger partial charge < -0.3 is 10.1 Å². The minimum atomic E-state index is 0.597. The van der Waals surface area contributed by atoms with Crippen LogP contribution in [0.1, 0.15) is 19.3 Å². The number of rotatable bonds is 3. The lowest BCUT2D eigenvalue weighted by Gasteiger charge is -2.26. The summed E-state index contributed by atoms with van der Waals surface area (Å²) in [5.41, 5.74) is 0. The summed E-state index contributed by atoms with van der Waals surface area (Å²) >= 11 is 0. The third-order valence-electron chi connectivity index (χ3n) is 2.31. The predicted molar refractivity (Wildman–Crippen MR) is 49.8 cm³/mol. The molecule has 13 heavy (non-hydrogen) atoms. The molecule has 1 fully saturated rings. The molecule has 1 aliphatic carbocycles. The zero-order valence-electron chi connectivity index (χ0n) is 7.66. The van der Waals surface area contributed by atoms with Crippen LogP contribution >= 0.6 is 0 Å². The van der Waals surface area contributed by atoms with Crippen molar-refractivity contribution in [2.24, 2.45) is 0 Å². The SMILES string of the molecule is COc1cc(NC2CCC2)ncn1. The van der Waals surface area contributed by atoms with Crippen molar-refractivity contribution in [2.45, 2.75) is 25.3 Å². The monoisotopic (exact) mass is 179 g/mol. The molecule has 1 N–H and O–H groups in total. The molecule has 1 aromatic heterocycles. The third-order valence-corrected chi connectivity index (χ3v) is 2.31. The van der Waals surface area contributed by atoms with E-state index >= 15 is 0 Å². The standard InChI is InChI=1S/C9H13N3O/c1-13-9-5-8(10-6-11-9)12-7-3-2-4-7/h5-7H,2-4H2,1H3,(H,10,11,12). The summed E-state index contributed by atoms with van der Waals surface area (Å²) in [6, 6.07) is 2.41. The number of nitrogens with zero attached hydrogens (tertiary/aromatic N) is 2. The van der Waals surface area contributed by atoms with Crippen molar-refractivity contribution < 1.29 is 4.74 Å². The summed E-state index contributed by atoms with van der Waals surface area (Å²) in [5, 5.41) is 3.32. The maximum atomic E-state index is 5.00. The van der Waals surface area contributed by atoms with Crippen LogP contribution < -0.4 is 10.1 Å². The van der Waals surface area contributed by atoms with Gasteiger partial charge in [-0.15, -0.1) is 0 Å². The van der Waals surface area contributed by atoms with Crippen molar-refractivity contribution >= 4 is 5.82 Å². The molecule has 0 aromatic carbocycles. The number of ether oxygens (including phenoxy) is 1. The maximum Gasteiger partial charge on any atom is 0.218 e. The maximum absolute atomic E-state index is 5.00. The van der Waals surface area contributed by atoms with Crippen molar-refractivity contribution in [1.29, 1.82) is 0 Å². The van der Waals surface area contributed by atoms with E-state index in [0.717, 1.165) is 5.82 Å². The second-order valence-corrected chi connectivity index (χ2v) is 3.22. The number of anilines is 1. The first-order valence-corrected chi connectivity index (χ1v) is 4.51. The Hall–Kier alpha value is -1.32. The second-order valence-electron chi connectivity index (χ2n) is 3.22. The molecule has 0 spiro atoms. The van der Waals surface area contributed by atoms with Crippen molar-refractivity contribution in [2.75, 3.05) is 12.4 Å². The van der Waals surface area contributed by atoms with Crippen molar-refractivity contribution in [3.8, 4) is 5.88 Å². The van der Waals surface area contributed by atoms with Gasteiger partial charge in [-0.3, -0.25) is 0 Å². The van der Waals surface area contributed by atoms with Crippen molar-refractivity contribution in [3.63, 3.8) is 0 Å². The Morgan fingerprint density at radius 1 is 1.46 bits per heavy atom. The zero-order chi connectivity index (χ0) is 9.10. The zero-order valence-corrected chi connectivity index (χ0v) is 7.66.